The van der Waals surface area contributed by atoms with Crippen molar-refractivity contribution in [2.75, 3.05) is 7.11 Å². The maximum atomic E-state index is 5.48. The van der Waals surface area contributed by atoms with Crippen molar-refractivity contribution in [1.82, 2.24) is 0 Å². The van der Waals surface area contributed by atoms with Crippen molar-refractivity contribution < 1.29 is 4.74 Å². The first-order valence-electron chi connectivity index (χ1n) is 11.2. The van der Waals surface area contributed by atoms with Gasteiger partial charge in [0.05, 0.1) is 12.9 Å². The highest BCUT2D eigenvalue weighted by molar-refractivity contribution is 5.70. The van der Waals surface area contributed by atoms with Crippen LogP contribution in [0.25, 0.3) is 5.57 Å². The second kappa shape index (κ2) is 8.14. The molecule has 4 aliphatic carbocycles. The van der Waals surface area contributed by atoms with E-state index in [4.69, 9.17) is 4.74 Å². The van der Waals surface area contributed by atoms with E-state index in [1.54, 1.807) is 18.3 Å². The van der Waals surface area contributed by atoms with Gasteiger partial charge in [-0.2, -0.15) is 0 Å². The standard InChI is InChI=1S/C29H30O/c1-20-10-12-21(13-11-20)24-18-28(23-14-16-25(30-2)17-15-23)29(19-24)27-9-5-7-22-6-3-4-8-26(22)27/h3-14,16,18,22,26,28-29H,15,17,19H2,1-2H3/t22?,26?,28-,29-/m0/s1. The monoisotopic (exact) mass is 394 g/mol. The summed E-state index contributed by atoms with van der Waals surface area (Å²) in [5.74, 6) is 3.08. The third-order valence-electron chi connectivity index (χ3n) is 7.12. The fourth-order valence-corrected chi connectivity index (χ4v) is 5.44. The van der Waals surface area contributed by atoms with E-state index in [-0.39, 0.29) is 0 Å². The molecule has 0 amide bonds. The minimum atomic E-state index is 0.466. The molecule has 1 aromatic carbocycles. The van der Waals surface area contributed by atoms with Gasteiger partial charge in [-0.05, 0) is 42.9 Å². The molecule has 5 rings (SSSR count). The number of benzene rings is 1. The van der Waals surface area contributed by atoms with Crippen molar-refractivity contribution in [3.8, 4) is 0 Å². The molecule has 30 heavy (non-hydrogen) atoms. The Morgan fingerprint density at radius 2 is 1.63 bits per heavy atom. The number of hydrogen-bond acceptors (Lipinski definition) is 1. The van der Waals surface area contributed by atoms with Crippen LogP contribution in [0.5, 0.6) is 0 Å². The highest BCUT2D eigenvalue weighted by Gasteiger charge is 2.37. The zero-order chi connectivity index (χ0) is 20.5. The summed E-state index contributed by atoms with van der Waals surface area (Å²) in [5, 5.41) is 0. The molecular formula is C29H30O. The lowest BCUT2D eigenvalue weighted by Gasteiger charge is -2.34. The van der Waals surface area contributed by atoms with Crippen molar-refractivity contribution in [2.24, 2.45) is 23.7 Å². The second-order valence-electron chi connectivity index (χ2n) is 8.90. The Morgan fingerprint density at radius 1 is 0.833 bits per heavy atom. The van der Waals surface area contributed by atoms with Gasteiger partial charge in [0.1, 0.15) is 0 Å². The van der Waals surface area contributed by atoms with E-state index < -0.39 is 0 Å². The average Bonchev–Trinajstić information content (AvgIpc) is 3.24. The third kappa shape index (κ3) is 3.58. The molecule has 1 nitrogen and oxygen atoms in total. The van der Waals surface area contributed by atoms with Gasteiger partial charge in [-0.3, -0.25) is 0 Å². The fraction of sp³-hybridized carbons (Fsp3) is 0.310. The highest BCUT2D eigenvalue weighted by atomic mass is 16.5. The SMILES string of the molecule is COC1=CC=C([C@@H]2C=C(c3ccc(C)cc3)C[C@H]2C2=CC=CC3C=CC=CC23)CC1. The number of aryl methyl sites for hydroxylation is 1. The molecule has 2 unspecified atom stereocenters. The fourth-order valence-electron chi connectivity index (χ4n) is 5.44. The van der Waals surface area contributed by atoms with E-state index >= 15 is 0 Å². The van der Waals surface area contributed by atoms with Crippen LogP contribution in [-0.2, 0) is 4.74 Å². The molecule has 4 aliphatic rings. The summed E-state index contributed by atoms with van der Waals surface area (Å²) >= 11 is 0. The maximum Gasteiger partial charge on any atom is 0.0958 e. The van der Waals surface area contributed by atoms with Crippen LogP contribution in [0.15, 0.2) is 102 Å². The summed E-state index contributed by atoms with van der Waals surface area (Å²) in [5.41, 5.74) is 7.33. The Hall–Kier alpha value is -2.80. The molecule has 0 saturated carbocycles. The zero-order valence-corrected chi connectivity index (χ0v) is 17.9. The molecule has 0 N–H and O–H groups in total. The highest BCUT2D eigenvalue weighted by Crippen LogP contribution is 2.49. The molecule has 0 aromatic heterocycles. The van der Waals surface area contributed by atoms with Crippen LogP contribution in [0.1, 0.15) is 30.4 Å². The summed E-state index contributed by atoms with van der Waals surface area (Å²) in [6, 6.07) is 9.05. The van der Waals surface area contributed by atoms with Crippen LogP contribution in [0.2, 0.25) is 0 Å². The molecular weight excluding hydrogens is 364 g/mol. The zero-order valence-electron chi connectivity index (χ0n) is 17.9. The van der Waals surface area contributed by atoms with Crippen LogP contribution >= 0.6 is 0 Å². The third-order valence-corrected chi connectivity index (χ3v) is 7.12. The minimum absolute atomic E-state index is 0.466. The Balaban J connectivity index is 1.51. The molecule has 4 atom stereocenters. The summed E-state index contributed by atoms with van der Waals surface area (Å²) in [6.07, 6.45) is 26.5. The van der Waals surface area contributed by atoms with E-state index in [1.165, 1.54) is 16.7 Å². The second-order valence-corrected chi connectivity index (χ2v) is 8.90. The molecule has 0 heterocycles. The molecule has 0 aliphatic heterocycles. The molecule has 0 spiro atoms. The smallest absolute Gasteiger partial charge is 0.0958 e. The van der Waals surface area contributed by atoms with E-state index in [2.05, 4.69) is 91.9 Å². The largest absolute Gasteiger partial charge is 0.501 e. The van der Waals surface area contributed by atoms with Gasteiger partial charge in [-0.15, -0.1) is 0 Å². The summed E-state index contributed by atoms with van der Waals surface area (Å²) < 4.78 is 5.48. The van der Waals surface area contributed by atoms with Crippen LogP contribution < -0.4 is 0 Å². The summed E-state index contributed by atoms with van der Waals surface area (Å²) in [4.78, 5) is 0. The minimum Gasteiger partial charge on any atom is -0.501 e. The normalized spacial score (nSPS) is 29.7. The van der Waals surface area contributed by atoms with Gasteiger partial charge >= 0.3 is 0 Å². The van der Waals surface area contributed by atoms with Crippen molar-refractivity contribution >= 4 is 5.57 Å². The van der Waals surface area contributed by atoms with E-state index in [0.717, 1.165) is 25.0 Å². The number of fused-ring (bicyclic) bond motifs is 1. The van der Waals surface area contributed by atoms with Gasteiger partial charge in [0.25, 0.3) is 0 Å². The van der Waals surface area contributed by atoms with Crippen molar-refractivity contribution in [3.63, 3.8) is 0 Å². The van der Waals surface area contributed by atoms with Gasteiger partial charge < -0.3 is 4.74 Å². The Morgan fingerprint density at radius 3 is 2.40 bits per heavy atom. The number of ether oxygens (including phenoxy) is 1. The quantitative estimate of drug-likeness (QED) is 0.528. The Kier molecular flexibility index (Phi) is 5.21. The molecule has 0 radical (unpaired) electrons. The molecule has 0 saturated heterocycles. The van der Waals surface area contributed by atoms with Crippen LogP contribution in [0, 0.1) is 30.6 Å². The predicted molar refractivity (Wildman–Crippen MR) is 126 cm³/mol. The Bertz CT molecular complexity index is 1020. The first kappa shape index (κ1) is 19.2. The number of methoxy groups -OCH3 is 1. The molecule has 0 bridgehead atoms. The lowest BCUT2D eigenvalue weighted by atomic mass is 9.70. The van der Waals surface area contributed by atoms with E-state index in [1.807, 2.05) is 0 Å². The van der Waals surface area contributed by atoms with E-state index in [0.29, 0.717) is 23.7 Å². The lowest BCUT2D eigenvalue weighted by molar-refractivity contribution is 0.274. The molecule has 1 heteroatoms. The van der Waals surface area contributed by atoms with Gasteiger partial charge in [0.2, 0.25) is 0 Å². The molecule has 0 fully saturated rings. The van der Waals surface area contributed by atoms with Crippen LogP contribution in [0.4, 0.5) is 0 Å². The van der Waals surface area contributed by atoms with Crippen LogP contribution in [-0.4, -0.2) is 7.11 Å². The topological polar surface area (TPSA) is 9.23 Å². The first-order valence-corrected chi connectivity index (χ1v) is 11.2. The lowest BCUT2D eigenvalue weighted by Crippen LogP contribution is -2.24. The van der Waals surface area contributed by atoms with E-state index in [9.17, 15) is 0 Å². The number of hydrogen-bond donors (Lipinski definition) is 0. The summed E-state index contributed by atoms with van der Waals surface area (Å²) in [6.45, 7) is 2.16. The van der Waals surface area contributed by atoms with Crippen molar-refractivity contribution in [3.05, 3.63) is 113 Å². The van der Waals surface area contributed by atoms with Crippen molar-refractivity contribution in [1.29, 1.82) is 0 Å². The van der Waals surface area contributed by atoms with Crippen molar-refractivity contribution in [2.45, 2.75) is 26.2 Å². The van der Waals surface area contributed by atoms with Gasteiger partial charge in [-0.1, -0.05) is 95.7 Å². The average molecular weight is 395 g/mol. The van der Waals surface area contributed by atoms with Gasteiger partial charge in [-0.25, -0.2) is 0 Å². The van der Waals surface area contributed by atoms with Crippen LogP contribution in [0.3, 0.4) is 0 Å². The summed E-state index contributed by atoms with van der Waals surface area (Å²) in [7, 11) is 1.78. The molecule has 152 valence electrons. The predicted octanol–water partition coefficient (Wildman–Crippen LogP) is 7.12. The van der Waals surface area contributed by atoms with Gasteiger partial charge in [0.15, 0.2) is 0 Å². The Labute approximate surface area is 180 Å². The number of rotatable bonds is 4. The first-order chi connectivity index (χ1) is 14.7. The van der Waals surface area contributed by atoms with Gasteiger partial charge in [0, 0.05) is 24.2 Å². The number of allylic oxidation sites excluding steroid dienone is 14. The maximum absolute atomic E-state index is 5.48. The molecule has 1 aromatic rings.